The van der Waals surface area contributed by atoms with Gasteiger partial charge >= 0.3 is 11.9 Å². The number of rotatable bonds is 6. The van der Waals surface area contributed by atoms with E-state index in [0.717, 1.165) is 62.2 Å². The number of nitrogens with zero attached hydrogens (tertiary/aromatic N) is 1. The lowest BCUT2D eigenvalue weighted by Crippen LogP contribution is -2.27. The van der Waals surface area contributed by atoms with E-state index in [9.17, 15) is 14.4 Å². The summed E-state index contributed by atoms with van der Waals surface area (Å²) < 4.78 is 10.2. The van der Waals surface area contributed by atoms with Crippen LogP contribution in [-0.4, -0.2) is 53.7 Å². The number of hydrogen-bond acceptors (Lipinski definition) is 7. The van der Waals surface area contributed by atoms with Crippen LogP contribution in [0.25, 0.3) is 24.3 Å². The molecule has 0 aromatic carbocycles. The summed E-state index contributed by atoms with van der Waals surface area (Å²) in [5, 5.41) is 5.57. The summed E-state index contributed by atoms with van der Waals surface area (Å²) in [5.41, 5.74) is 10.2. The molecule has 45 heavy (non-hydrogen) atoms. The predicted octanol–water partition coefficient (Wildman–Crippen LogP) is 3.70. The van der Waals surface area contributed by atoms with E-state index in [1.165, 1.54) is 19.8 Å². The highest BCUT2D eigenvalue weighted by Gasteiger charge is 2.52. The number of carbonyl (C=O) groups is 3. The maximum absolute atomic E-state index is 14.1. The number of esters is 2. The summed E-state index contributed by atoms with van der Waals surface area (Å²) in [5.74, 6) is -2.65. The number of nitrogens with one attached hydrogen (secondary N) is 3. The maximum atomic E-state index is 14.1. The largest absolute Gasteiger partial charge is 0.469 e. The molecule has 1 saturated carbocycles. The molecule has 2 fully saturated rings. The fourth-order valence-electron chi connectivity index (χ4n) is 7.44. The van der Waals surface area contributed by atoms with E-state index in [-0.39, 0.29) is 36.1 Å². The number of aromatic amines is 2. The number of H-pyrrole nitrogens is 2. The molecule has 3 aliphatic heterocycles. The Morgan fingerprint density at radius 3 is 2.47 bits per heavy atom. The van der Waals surface area contributed by atoms with Crippen LogP contribution in [0.4, 0.5) is 0 Å². The SMILES string of the molecule is C=Cc1c2[nH]c(c1C)/C=C1\N/C(=C3\C4=NC(/C=c5\[nH]/c(c(C)c5CC)=C\2)C(C)=C4C(=O)[C@@H]3C(=O)OC)[C@@H](CCC(=O)OC)[C@@H]1C. The number of fused-ring (bicyclic) bond motifs is 7. The number of ether oxygens (including phenoxy) is 2. The van der Waals surface area contributed by atoms with Crippen molar-refractivity contribution in [3.8, 4) is 0 Å². The Bertz CT molecular complexity index is 1930. The van der Waals surface area contributed by atoms with Crippen molar-refractivity contribution in [3.63, 3.8) is 0 Å². The Kier molecular flexibility index (Phi) is 7.67. The fraction of sp³-hybridized carbons (Fsp3) is 0.389. The standard InChI is InChI=1S/C36H40N4O5/c1-9-20-16(3)23-13-25-18(5)22(11-12-29(41)44-7)33(39-25)31-32(36(43)45-8)35(42)30-19(6)26(40-34(30)31)15-28-21(10-2)17(4)24(38-28)14-27(20)37-23/h9,13-15,18,22,26,32,37-39H,1,10-12H2,2-8H3/b24-14-,25-13-,28-15-,33-31-/t18-,22-,26?,32+/m0/s1. The summed E-state index contributed by atoms with van der Waals surface area (Å²) >= 11 is 0. The molecule has 9 heteroatoms. The molecule has 2 aromatic heterocycles. The Morgan fingerprint density at radius 2 is 1.80 bits per heavy atom. The van der Waals surface area contributed by atoms with Gasteiger partial charge in [0.05, 0.1) is 26.0 Å². The van der Waals surface area contributed by atoms with E-state index < -0.39 is 11.9 Å². The lowest BCUT2D eigenvalue weighted by molar-refractivity contribution is -0.146. The van der Waals surface area contributed by atoms with Crippen molar-refractivity contribution in [2.24, 2.45) is 22.7 Å². The molecule has 5 heterocycles. The number of aromatic nitrogens is 2. The Balaban J connectivity index is 1.69. The van der Waals surface area contributed by atoms with Crippen molar-refractivity contribution < 1.29 is 23.9 Å². The lowest BCUT2D eigenvalue weighted by Gasteiger charge is -2.19. The highest BCUT2D eigenvalue weighted by atomic mass is 16.5. The summed E-state index contributed by atoms with van der Waals surface area (Å²) in [6, 6.07) is -0.386. The van der Waals surface area contributed by atoms with Crippen LogP contribution >= 0.6 is 0 Å². The van der Waals surface area contributed by atoms with Gasteiger partial charge in [0.15, 0.2) is 5.78 Å². The van der Waals surface area contributed by atoms with Crippen molar-refractivity contribution in [3.05, 3.63) is 79.0 Å². The van der Waals surface area contributed by atoms with Crippen molar-refractivity contribution >= 4 is 47.7 Å². The third-order valence-electron chi connectivity index (χ3n) is 10.0. The lowest BCUT2D eigenvalue weighted by atomic mass is 9.85. The van der Waals surface area contributed by atoms with Crippen LogP contribution in [-0.2, 0) is 30.3 Å². The maximum Gasteiger partial charge on any atom is 0.321 e. The Labute approximate surface area is 262 Å². The monoisotopic (exact) mass is 608 g/mol. The zero-order valence-corrected chi connectivity index (χ0v) is 26.9. The van der Waals surface area contributed by atoms with Crippen LogP contribution in [0.3, 0.4) is 0 Å². The van der Waals surface area contributed by atoms with Gasteiger partial charge in [-0.3, -0.25) is 19.4 Å². The number of ketones is 1. The van der Waals surface area contributed by atoms with Gasteiger partial charge in [-0.05, 0) is 74.1 Å². The highest BCUT2D eigenvalue weighted by Crippen LogP contribution is 2.46. The first kappa shape index (κ1) is 30.4. The van der Waals surface area contributed by atoms with Crippen molar-refractivity contribution in [1.82, 2.24) is 15.3 Å². The van der Waals surface area contributed by atoms with Gasteiger partial charge in [0.25, 0.3) is 0 Å². The summed E-state index contributed by atoms with van der Waals surface area (Å²) in [6.45, 7) is 14.4. The fourth-order valence-corrected chi connectivity index (χ4v) is 7.44. The third-order valence-corrected chi connectivity index (χ3v) is 10.0. The molecule has 9 nitrogen and oxygen atoms in total. The topological polar surface area (TPSA) is 126 Å². The second-order valence-corrected chi connectivity index (χ2v) is 12.3. The average molecular weight is 609 g/mol. The van der Waals surface area contributed by atoms with Gasteiger partial charge in [0, 0.05) is 68.4 Å². The minimum Gasteiger partial charge on any atom is -0.469 e. The second-order valence-electron chi connectivity index (χ2n) is 12.3. The quantitative estimate of drug-likeness (QED) is 0.339. The van der Waals surface area contributed by atoms with Crippen LogP contribution in [0.5, 0.6) is 0 Å². The highest BCUT2D eigenvalue weighted by molar-refractivity contribution is 6.42. The molecule has 1 saturated heterocycles. The Hall–Kier alpha value is -4.66. The number of Topliss-reactive ketones (excluding diaryl/α,β-unsaturated/α-hetero) is 1. The van der Waals surface area contributed by atoms with Gasteiger partial charge in [-0.15, -0.1) is 0 Å². The normalized spacial score (nSPS) is 27.6. The van der Waals surface area contributed by atoms with E-state index in [0.29, 0.717) is 23.3 Å². The van der Waals surface area contributed by atoms with E-state index in [1.807, 2.05) is 13.0 Å². The number of carbonyl (C=O) groups excluding carboxylic acids is 3. The number of hydrogen-bond donors (Lipinski definition) is 3. The predicted molar refractivity (Wildman–Crippen MR) is 174 cm³/mol. The molecule has 3 N–H and O–H groups in total. The number of allylic oxidation sites excluding steroid dienone is 3. The molecule has 0 amide bonds. The van der Waals surface area contributed by atoms with Crippen molar-refractivity contribution in [1.29, 1.82) is 0 Å². The number of methoxy groups -OCH3 is 2. The van der Waals surface area contributed by atoms with Crippen LogP contribution in [0, 0.1) is 31.6 Å². The first-order valence-electron chi connectivity index (χ1n) is 15.5. The van der Waals surface area contributed by atoms with Crippen LogP contribution in [0.2, 0.25) is 0 Å². The molecule has 6 rings (SSSR count). The van der Waals surface area contributed by atoms with Gasteiger partial charge in [0.1, 0.15) is 5.92 Å². The first-order valence-corrected chi connectivity index (χ1v) is 15.5. The summed E-state index contributed by atoms with van der Waals surface area (Å²) in [4.78, 5) is 52.0. The van der Waals surface area contributed by atoms with Crippen LogP contribution < -0.4 is 16.0 Å². The molecule has 1 aliphatic carbocycles. The van der Waals surface area contributed by atoms with Gasteiger partial charge in [-0.2, -0.15) is 0 Å². The van der Waals surface area contributed by atoms with E-state index in [1.54, 1.807) is 0 Å². The summed E-state index contributed by atoms with van der Waals surface area (Å²) in [7, 11) is 2.67. The van der Waals surface area contributed by atoms with Crippen molar-refractivity contribution in [2.75, 3.05) is 14.2 Å². The molecular formula is C36H40N4O5. The minimum atomic E-state index is -1.14. The molecule has 0 radical (unpaired) electrons. The molecular weight excluding hydrogens is 568 g/mol. The first-order chi connectivity index (χ1) is 21.5. The molecule has 0 spiro atoms. The van der Waals surface area contributed by atoms with E-state index >= 15 is 0 Å². The van der Waals surface area contributed by atoms with Crippen LogP contribution in [0.15, 0.2) is 39.7 Å². The molecule has 2 aromatic rings. The van der Waals surface area contributed by atoms with Crippen molar-refractivity contribution in [2.45, 2.75) is 59.9 Å². The second kappa shape index (κ2) is 11.4. The van der Waals surface area contributed by atoms with E-state index in [4.69, 9.17) is 14.5 Å². The molecule has 8 bridgehead atoms. The van der Waals surface area contributed by atoms with Gasteiger partial charge < -0.3 is 24.8 Å². The third kappa shape index (κ3) is 4.67. The zero-order chi connectivity index (χ0) is 32.3. The summed E-state index contributed by atoms with van der Waals surface area (Å²) in [6.07, 6.45) is 9.63. The Morgan fingerprint density at radius 1 is 1.04 bits per heavy atom. The molecule has 4 atom stereocenters. The van der Waals surface area contributed by atoms with Gasteiger partial charge in [-0.25, -0.2) is 0 Å². The zero-order valence-electron chi connectivity index (χ0n) is 26.9. The molecule has 4 aliphatic rings. The van der Waals surface area contributed by atoms with Gasteiger partial charge in [0.2, 0.25) is 0 Å². The smallest absolute Gasteiger partial charge is 0.321 e. The van der Waals surface area contributed by atoms with E-state index in [2.05, 4.69) is 67.8 Å². The molecule has 234 valence electrons. The van der Waals surface area contributed by atoms with Crippen LogP contribution in [0.1, 0.15) is 67.3 Å². The minimum absolute atomic E-state index is 0.0676. The van der Waals surface area contributed by atoms with Gasteiger partial charge in [-0.1, -0.05) is 26.5 Å². The molecule has 1 unspecified atom stereocenters. The average Bonchev–Trinajstić information content (AvgIpc) is 3.76. The number of aliphatic imine (C=N–C) groups is 1.